The predicted octanol–water partition coefficient (Wildman–Crippen LogP) is 0.942. The van der Waals surface area contributed by atoms with Crippen molar-refractivity contribution in [1.29, 1.82) is 0 Å². The number of nitrogens with one attached hydrogen (secondary N) is 1. The third-order valence-electron chi connectivity index (χ3n) is 2.64. The number of hydrogen-bond acceptors (Lipinski definition) is 3. The average Bonchev–Trinajstić information content (AvgIpc) is 2.58. The molecule has 15 heavy (non-hydrogen) atoms. The fourth-order valence-corrected chi connectivity index (χ4v) is 1.87. The van der Waals surface area contributed by atoms with Gasteiger partial charge in [-0.2, -0.15) is 0 Å². The summed E-state index contributed by atoms with van der Waals surface area (Å²) >= 11 is 0. The Hall–Kier alpha value is -1.29. The molecular weight excluding hydrogens is 192 g/mol. The number of nitrogens with zero attached hydrogens (tertiary/aromatic N) is 1. The molecule has 0 atom stereocenters. The number of aryl methyl sites for hydroxylation is 2. The van der Waals surface area contributed by atoms with Crippen molar-refractivity contribution in [2.45, 2.75) is 13.8 Å². The van der Waals surface area contributed by atoms with Crippen LogP contribution in [-0.4, -0.2) is 37.0 Å². The summed E-state index contributed by atoms with van der Waals surface area (Å²) < 4.78 is 5.42. The molecule has 0 spiro atoms. The lowest BCUT2D eigenvalue weighted by Crippen LogP contribution is -2.46. The van der Waals surface area contributed by atoms with Gasteiger partial charge in [-0.3, -0.25) is 4.79 Å². The molecule has 4 heteroatoms. The van der Waals surface area contributed by atoms with Crippen molar-refractivity contribution < 1.29 is 9.21 Å². The van der Waals surface area contributed by atoms with Crippen LogP contribution in [0.1, 0.15) is 21.9 Å². The third kappa shape index (κ3) is 2.04. The summed E-state index contributed by atoms with van der Waals surface area (Å²) in [7, 11) is 0. The van der Waals surface area contributed by atoms with Crippen molar-refractivity contribution in [2.75, 3.05) is 26.2 Å². The van der Waals surface area contributed by atoms with Gasteiger partial charge in [-0.1, -0.05) is 0 Å². The monoisotopic (exact) mass is 208 g/mol. The first kappa shape index (κ1) is 10.2. The van der Waals surface area contributed by atoms with E-state index in [-0.39, 0.29) is 5.91 Å². The van der Waals surface area contributed by atoms with Crippen molar-refractivity contribution in [1.82, 2.24) is 10.2 Å². The van der Waals surface area contributed by atoms with Crippen molar-refractivity contribution >= 4 is 5.91 Å². The smallest absolute Gasteiger partial charge is 0.289 e. The van der Waals surface area contributed by atoms with Crippen LogP contribution < -0.4 is 5.32 Å². The quantitative estimate of drug-likeness (QED) is 0.747. The number of amides is 1. The van der Waals surface area contributed by atoms with Gasteiger partial charge < -0.3 is 14.6 Å². The summed E-state index contributed by atoms with van der Waals surface area (Å²) in [5, 5.41) is 3.22. The topological polar surface area (TPSA) is 45.5 Å². The van der Waals surface area contributed by atoms with E-state index >= 15 is 0 Å². The highest BCUT2D eigenvalue weighted by molar-refractivity contribution is 5.93. The van der Waals surface area contributed by atoms with Gasteiger partial charge in [-0.25, -0.2) is 0 Å². The van der Waals surface area contributed by atoms with Crippen molar-refractivity contribution in [2.24, 2.45) is 0 Å². The Kier molecular flexibility index (Phi) is 2.77. The molecule has 1 N–H and O–H groups in total. The van der Waals surface area contributed by atoms with Gasteiger partial charge >= 0.3 is 0 Å². The molecule has 1 aliphatic rings. The number of hydrogen-bond donors (Lipinski definition) is 1. The fraction of sp³-hybridized carbons (Fsp3) is 0.545. The maximum Gasteiger partial charge on any atom is 0.289 e. The Morgan fingerprint density at radius 3 is 2.60 bits per heavy atom. The molecule has 2 heterocycles. The zero-order chi connectivity index (χ0) is 10.8. The van der Waals surface area contributed by atoms with Crippen LogP contribution in [0.5, 0.6) is 0 Å². The Morgan fingerprint density at radius 2 is 2.07 bits per heavy atom. The molecule has 2 rings (SSSR count). The molecule has 1 saturated heterocycles. The van der Waals surface area contributed by atoms with E-state index in [4.69, 9.17) is 4.42 Å². The van der Waals surface area contributed by atoms with Crippen LogP contribution in [0.15, 0.2) is 10.5 Å². The summed E-state index contributed by atoms with van der Waals surface area (Å²) in [5.41, 5.74) is 0.927. The van der Waals surface area contributed by atoms with E-state index in [9.17, 15) is 4.79 Å². The lowest BCUT2D eigenvalue weighted by Gasteiger charge is -2.26. The predicted molar refractivity (Wildman–Crippen MR) is 57.0 cm³/mol. The van der Waals surface area contributed by atoms with E-state index in [1.807, 2.05) is 24.8 Å². The van der Waals surface area contributed by atoms with Gasteiger partial charge in [0.05, 0.1) is 0 Å². The van der Waals surface area contributed by atoms with Gasteiger partial charge in [0.15, 0.2) is 5.76 Å². The van der Waals surface area contributed by atoms with Crippen LogP contribution >= 0.6 is 0 Å². The third-order valence-corrected chi connectivity index (χ3v) is 2.64. The van der Waals surface area contributed by atoms with Gasteiger partial charge in [0, 0.05) is 31.7 Å². The lowest BCUT2D eigenvalue weighted by atomic mass is 10.2. The second-order valence-corrected chi connectivity index (χ2v) is 3.91. The molecule has 4 nitrogen and oxygen atoms in total. The van der Waals surface area contributed by atoms with Crippen LogP contribution in [-0.2, 0) is 0 Å². The Balaban J connectivity index is 2.16. The zero-order valence-electron chi connectivity index (χ0n) is 9.17. The number of carbonyl (C=O) groups excluding carboxylic acids is 1. The van der Waals surface area contributed by atoms with E-state index < -0.39 is 0 Å². The minimum Gasteiger partial charge on any atom is -0.456 e. The summed E-state index contributed by atoms with van der Waals surface area (Å²) in [6.07, 6.45) is 0. The molecule has 0 aliphatic carbocycles. The van der Waals surface area contributed by atoms with Crippen molar-refractivity contribution in [3.8, 4) is 0 Å². The van der Waals surface area contributed by atoms with Crippen LogP contribution in [0.3, 0.4) is 0 Å². The molecule has 0 radical (unpaired) electrons. The Bertz CT molecular complexity index is 365. The molecule has 0 saturated carbocycles. The first-order chi connectivity index (χ1) is 7.18. The Labute approximate surface area is 89.2 Å². The van der Waals surface area contributed by atoms with Crippen LogP contribution in [0.2, 0.25) is 0 Å². The Morgan fingerprint density at radius 1 is 1.40 bits per heavy atom. The number of rotatable bonds is 1. The molecule has 1 aromatic heterocycles. The second kappa shape index (κ2) is 4.06. The average molecular weight is 208 g/mol. The van der Waals surface area contributed by atoms with Crippen LogP contribution in [0.4, 0.5) is 0 Å². The van der Waals surface area contributed by atoms with E-state index in [0.717, 1.165) is 37.5 Å². The summed E-state index contributed by atoms with van der Waals surface area (Å²) in [5.74, 6) is 1.31. The van der Waals surface area contributed by atoms with Gasteiger partial charge in [0.2, 0.25) is 0 Å². The van der Waals surface area contributed by atoms with Crippen molar-refractivity contribution in [3.63, 3.8) is 0 Å². The molecule has 82 valence electrons. The zero-order valence-corrected chi connectivity index (χ0v) is 9.17. The highest BCUT2D eigenvalue weighted by Gasteiger charge is 2.22. The first-order valence-electron chi connectivity index (χ1n) is 5.25. The second-order valence-electron chi connectivity index (χ2n) is 3.91. The van der Waals surface area contributed by atoms with E-state index in [1.165, 1.54) is 0 Å². The summed E-state index contributed by atoms with van der Waals surface area (Å²) in [6.45, 7) is 7.03. The highest BCUT2D eigenvalue weighted by Crippen LogP contribution is 2.16. The van der Waals surface area contributed by atoms with E-state index in [0.29, 0.717) is 5.76 Å². The molecule has 1 fully saturated rings. The molecule has 1 aliphatic heterocycles. The fourth-order valence-electron chi connectivity index (χ4n) is 1.87. The van der Waals surface area contributed by atoms with E-state index in [2.05, 4.69) is 5.32 Å². The molecule has 0 aromatic carbocycles. The van der Waals surface area contributed by atoms with Gasteiger partial charge in [0.25, 0.3) is 5.91 Å². The van der Waals surface area contributed by atoms with Gasteiger partial charge in [0.1, 0.15) is 5.76 Å². The summed E-state index contributed by atoms with van der Waals surface area (Å²) in [6, 6.07) is 1.90. The number of piperazine rings is 1. The van der Waals surface area contributed by atoms with Gasteiger partial charge in [-0.15, -0.1) is 0 Å². The van der Waals surface area contributed by atoms with Gasteiger partial charge in [-0.05, 0) is 19.9 Å². The number of carbonyl (C=O) groups is 1. The van der Waals surface area contributed by atoms with Crippen LogP contribution in [0.25, 0.3) is 0 Å². The van der Waals surface area contributed by atoms with E-state index in [1.54, 1.807) is 0 Å². The minimum atomic E-state index is 0.0158. The SMILES string of the molecule is Cc1cc(C)c(C(=O)N2CCNCC2)o1. The standard InChI is InChI=1S/C11H16N2O2/c1-8-7-9(2)15-10(8)11(14)13-5-3-12-4-6-13/h7,12H,3-6H2,1-2H3. The molecule has 0 unspecified atom stereocenters. The molecule has 0 bridgehead atoms. The first-order valence-corrected chi connectivity index (χ1v) is 5.25. The molecule has 1 aromatic rings. The minimum absolute atomic E-state index is 0.0158. The lowest BCUT2D eigenvalue weighted by molar-refractivity contribution is 0.0701. The van der Waals surface area contributed by atoms with Crippen LogP contribution in [0, 0.1) is 13.8 Å². The molecular formula is C11H16N2O2. The largest absolute Gasteiger partial charge is 0.456 e. The highest BCUT2D eigenvalue weighted by atomic mass is 16.4. The normalized spacial score (nSPS) is 16.8. The van der Waals surface area contributed by atoms with Crippen molar-refractivity contribution in [3.05, 3.63) is 23.2 Å². The maximum absolute atomic E-state index is 12.0. The summed E-state index contributed by atoms with van der Waals surface area (Å²) in [4.78, 5) is 13.9. The molecule has 1 amide bonds. The maximum atomic E-state index is 12.0. The number of furan rings is 1.